The zero-order chi connectivity index (χ0) is 21.8. The Hall–Kier alpha value is -3.07. The van der Waals surface area contributed by atoms with Crippen LogP contribution in [0.1, 0.15) is 25.3 Å². The van der Waals surface area contributed by atoms with Crippen molar-refractivity contribution >= 4 is 34.6 Å². The molecular weight excluding hydrogens is 408 g/mol. The van der Waals surface area contributed by atoms with Crippen molar-refractivity contribution in [1.29, 1.82) is 0 Å². The lowest BCUT2D eigenvalue weighted by Crippen LogP contribution is -2.37. The Morgan fingerprint density at radius 2 is 1.87 bits per heavy atom. The van der Waals surface area contributed by atoms with Gasteiger partial charge in [0, 0.05) is 38.6 Å². The third-order valence-corrected chi connectivity index (χ3v) is 5.21. The molecule has 3 rings (SSSR count). The topological polar surface area (TPSA) is 103 Å². The second kappa shape index (κ2) is 9.17. The summed E-state index contributed by atoms with van der Waals surface area (Å²) in [6.45, 7) is 3.06. The molecule has 0 spiro atoms. The van der Waals surface area contributed by atoms with E-state index in [0.29, 0.717) is 42.5 Å². The average molecular weight is 433 g/mol. The molecule has 0 bridgehead atoms. The van der Waals surface area contributed by atoms with E-state index < -0.39 is 11.2 Å². The van der Waals surface area contributed by atoms with E-state index in [2.05, 4.69) is 15.6 Å². The number of carbonyl (C=O) groups excluding carboxylic acids is 1. The number of nitrogens with zero attached hydrogens (tertiary/aromatic N) is 4. The Kier molecular flexibility index (Phi) is 6.61. The van der Waals surface area contributed by atoms with Crippen molar-refractivity contribution in [3.63, 3.8) is 0 Å². The Balaban J connectivity index is 2.00. The van der Waals surface area contributed by atoms with E-state index in [0.717, 1.165) is 16.6 Å². The number of anilines is 1. The summed E-state index contributed by atoms with van der Waals surface area (Å²) in [5, 5.41) is 6.56. The van der Waals surface area contributed by atoms with Gasteiger partial charge < -0.3 is 10.6 Å². The van der Waals surface area contributed by atoms with Crippen molar-refractivity contribution in [2.75, 3.05) is 18.4 Å². The van der Waals surface area contributed by atoms with E-state index in [4.69, 9.17) is 11.6 Å². The summed E-state index contributed by atoms with van der Waals surface area (Å²) in [5.74, 6) is 0.410. The molecule has 0 saturated heterocycles. The van der Waals surface area contributed by atoms with Crippen molar-refractivity contribution in [3.8, 4) is 0 Å². The van der Waals surface area contributed by atoms with Crippen molar-refractivity contribution in [2.24, 2.45) is 14.1 Å². The Morgan fingerprint density at radius 1 is 1.13 bits per heavy atom. The molecule has 3 aromatic rings. The fourth-order valence-corrected chi connectivity index (χ4v) is 3.42. The number of benzene rings is 1. The summed E-state index contributed by atoms with van der Waals surface area (Å²) >= 11 is 6.32. The molecule has 0 aliphatic rings. The van der Waals surface area contributed by atoms with Gasteiger partial charge in [-0.25, -0.2) is 4.79 Å². The van der Waals surface area contributed by atoms with Crippen LogP contribution in [0.5, 0.6) is 0 Å². The highest BCUT2D eigenvalue weighted by atomic mass is 35.5. The number of aryl methyl sites for hydroxylation is 1. The van der Waals surface area contributed by atoms with Crippen LogP contribution in [0.4, 0.5) is 5.95 Å². The predicted octanol–water partition coefficient (Wildman–Crippen LogP) is 1.46. The van der Waals surface area contributed by atoms with Gasteiger partial charge in [0.05, 0.1) is 6.54 Å². The van der Waals surface area contributed by atoms with Crippen molar-refractivity contribution in [2.45, 2.75) is 26.3 Å². The molecule has 1 amide bonds. The van der Waals surface area contributed by atoms with Gasteiger partial charge in [0.2, 0.25) is 11.9 Å². The van der Waals surface area contributed by atoms with Gasteiger partial charge in [-0.05, 0) is 18.1 Å². The van der Waals surface area contributed by atoms with Gasteiger partial charge in [0.1, 0.15) is 0 Å². The summed E-state index contributed by atoms with van der Waals surface area (Å²) in [6.07, 6.45) is 1.26. The van der Waals surface area contributed by atoms with Crippen LogP contribution in [-0.2, 0) is 25.4 Å². The first-order valence-electron chi connectivity index (χ1n) is 9.75. The summed E-state index contributed by atoms with van der Waals surface area (Å²) < 4.78 is 4.11. The standard InChI is InChI=1S/C20H25ClN6O3/c1-4-7-15(28)22-10-11-23-19-24-17-16(18(29)26(3)20(30)25(17)2)27(19)12-13-8-5-6-9-14(13)21/h5-6,8-9H,4,7,10-12H2,1-3H3,(H,22,28)(H,23,24). The summed E-state index contributed by atoms with van der Waals surface area (Å²) in [6, 6.07) is 7.35. The van der Waals surface area contributed by atoms with Gasteiger partial charge in [-0.2, -0.15) is 4.98 Å². The number of fused-ring (bicyclic) bond motifs is 1. The molecule has 0 aliphatic carbocycles. The van der Waals surface area contributed by atoms with Crippen LogP contribution in [-0.4, -0.2) is 37.7 Å². The van der Waals surface area contributed by atoms with E-state index >= 15 is 0 Å². The Morgan fingerprint density at radius 3 is 2.57 bits per heavy atom. The second-order valence-corrected chi connectivity index (χ2v) is 7.42. The molecule has 0 aliphatic heterocycles. The zero-order valence-electron chi connectivity index (χ0n) is 17.2. The van der Waals surface area contributed by atoms with E-state index in [1.807, 2.05) is 25.1 Å². The molecule has 0 radical (unpaired) electrons. The SMILES string of the molecule is CCCC(=O)NCCNc1nc2c(c(=O)n(C)c(=O)n2C)n1Cc1ccccc1Cl. The van der Waals surface area contributed by atoms with E-state index in [-0.39, 0.29) is 11.6 Å². The molecule has 2 heterocycles. The van der Waals surface area contributed by atoms with Crippen molar-refractivity contribution in [3.05, 3.63) is 55.7 Å². The summed E-state index contributed by atoms with van der Waals surface area (Å²) in [7, 11) is 3.01. The molecule has 0 unspecified atom stereocenters. The Labute approximate surface area is 178 Å². The smallest absolute Gasteiger partial charge is 0.332 e. The normalized spacial score (nSPS) is 11.1. The third kappa shape index (κ3) is 4.25. The number of rotatable bonds is 8. The van der Waals surface area contributed by atoms with E-state index in [1.165, 1.54) is 11.6 Å². The number of halogens is 1. The number of aromatic nitrogens is 4. The quantitative estimate of drug-likeness (QED) is 0.524. The number of nitrogens with one attached hydrogen (secondary N) is 2. The number of carbonyl (C=O) groups is 1. The summed E-state index contributed by atoms with van der Waals surface area (Å²) in [4.78, 5) is 41.3. The lowest BCUT2D eigenvalue weighted by atomic mass is 10.2. The minimum Gasteiger partial charge on any atom is -0.354 e. The van der Waals surface area contributed by atoms with Gasteiger partial charge in [0.15, 0.2) is 11.2 Å². The number of amides is 1. The average Bonchev–Trinajstić information content (AvgIpc) is 3.08. The van der Waals surface area contributed by atoms with Crippen LogP contribution in [0.2, 0.25) is 5.02 Å². The van der Waals surface area contributed by atoms with Gasteiger partial charge in [-0.15, -0.1) is 0 Å². The van der Waals surface area contributed by atoms with Gasteiger partial charge in [-0.3, -0.25) is 23.3 Å². The molecule has 160 valence electrons. The number of hydrogen-bond donors (Lipinski definition) is 2. The molecular formula is C20H25ClN6O3. The van der Waals surface area contributed by atoms with Gasteiger partial charge in [0.25, 0.3) is 5.56 Å². The van der Waals surface area contributed by atoms with Crippen LogP contribution >= 0.6 is 11.6 Å². The molecule has 9 nitrogen and oxygen atoms in total. The second-order valence-electron chi connectivity index (χ2n) is 7.02. The molecule has 2 aromatic heterocycles. The van der Waals surface area contributed by atoms with Gasteiger partial charge >= 0.3 is 5.69 Å². The highest BCUT2D eigenvalue weighted by Gasteiger charge is 2.19. The Bertz CT molecular complexity index is 1190. The van der Waals surface area contributed by atoms with Crippen molar-refractivity contribution < 1.29 is 4.79 Å². The number of imidazole rings is 1. The first-order chi connectivity index (χ1) is 14.3. The van der Waals surface area contributed by atoms with Crippen LogP contribution in [0.15, 0.2) is 33.9 Å². The fraction of sp³-hybridized carbons (Fsp3) is 0.400. The largest absolute Gasteiger partial charge is 0.354 e. The maximum atomic E-state index is 12.9. The van der Waals surface area contributed by atoms with E-state index in [1.54, 1.807) is 17.7 Å². The highest BCUT2D eigenvalue weighted by molar-refractivity contribution is 6.31. The van der Waals surface area contributed by atoms with Crippen LogP contribution in [0.3, 0.4) is 0 Å². The van der Waals surface area contributed by atoms with Crippen molar-refractivity contribution in [1.82, 2.24) is 24.0 Å². The predicted molar refractivity (Wildman–Crippen MR) is 117 cm³/mol. The monoisotopic (exact) mass is 432 g/mol. The van der Waals surface area contributed by atoms with E-state index in [9.17, 15) is 14.4 Å². The maximum absolute atomic E-state index is 12.9. The minimum absolute atomic E-state index is 0.0138. The third-order valence-electron chi connectivity index (χ3n) is 4.84. The fourth-order valence-electron chi connectivity index (χ4n) is 3.22. The number of hydrogen-bond acceptors (Lipinski definition) is 5. The van der Waals surface area contributed by atoms with Crippen LogP contribution in [0, 0.1) is 0 Å². The first kappa shape index (κ1) is 21.6. The molecule has 10 heteroatoms. The molecule has 30 heavy (non-hydrogen) atoms. The lowest BCUT2D eigenvalue weighted by molar-refractivity contribution is -0.121. The zero-order valence-corrected chi connectivity index (χ0v) is 18.0. The minimum atomic E-state index is -0.451. The molecule has 1 aromatic carbocycles. The molecule has 0 fully saturated rings. The van der Waals surface area contributed by atoms with Crippen LogP contribution in [0.25, 0.3) is 11.2 Å². The van der Waals surface area contributed by atoms with Gasteiger partial charge in [-0.1, -0.05) is 36.7 Å². The maximum Gasteiger partial charge on any atom is 0.332 e. The highest BCUT2D eigenvalue weighted by Crippen LogP contribution is 2.21. The molecule has 0 saturated carbocycles. The van der Waals surface area contributed by atoms with Crippen LogP contribution < -0.4 is 21.9 Å². The first-order valence-corrected chi connectivity index (χ1v) is 10.1. The molecule has 2 N–H and O–H groups in total. The lowest BCUT2D eigenvalue weighted by Gasteiger charge is -2.12. The summed E-state index contributed by atoms with van der Waals surface area (Å²) in [5.41, 5.74) is 0.517. The molecule has 0 atom stereocenters.